The zero-order valence-corrected chi connectivity index (χ0v) is 11.4. The summed E-state index contributed by atoms with van der Waals surface area (Å²) in [6.45, 7) is 1.75. The number of piperidine rings is 2. The Hall–Kier alpha value is -1.62. The molecule has 3 unspecified atom stereocenters. The van der Waals surface area contributed by atoms with Crippen LogP contribution in [-0.2, 0) is 4.79 Å². The van der Waals surface area contributed by atoms with Gasteiger partial charge in [-0.2, -0.15) is 0 Å². The molecule has 2 fully saturated rings. The molecule has 3 aliphatic heterocycles. The Kier molecular flexibility index (Phi) is 2.40. The number of nitrogens with zero attached hydrogens (tertiary/aromatic N) is 1. The summed E-state index contributed by atoms with van der Waals surface area (Å²) in [7, 11) is 2.07. The number of likely N-dealkylation sites (tertiary alicyclic amines) is 1. The van der Waals surface area contributed by atoms with Crippen molar-refractivity contribution < 1.29 is 13.9 Å². The van der Waals surface area contributed by atoms with Crippen molar-refractivity contribution >= 4 is 5.91 Å². The van der Waals surface area contributed by atoms with Crippen LogP contribution < -0.4 is 10.1 Å². The molecule has 1 amide bonds. The molecule has 5 heteroatoms. The van der Waals surface area contributed by atoms with Crippen LogP contribution in [0, 0.1) is 11.7 Å². The van der Waals surface area contributed by atoms with Gasteiger partial charge in [0.05, 0.1) is 0 Å². The summed E-state index contributed by atoms with van der Waals surface area (Å²) in [5.74, 6) is 0.692. The number of halogens is 1. The Balaban J connectivity index is 1.86. The van der Waals surface area contributed by atoms with Crippen molar-refractivity contribution in [2.75, 3.05) is 20.1 Å². The van der Waals surface area contributed by atoms with Crippen molar-refractivity contribution in [1.29, 1.82) is 0 Å². The van der Waals surface area contributed by atoms with Crippen LogP contribution in [-0.4, -0.2) is 36.7 Å². The van der Waals surface area contributed by atoms with Gasteiger partial charge in [-0.15, -0.1) is 0 Å². The monoisotopic (exact) mass is 276 g/mol. The Labute approximate surface area is 116 Å². The highest BCUT2D eigenvalue weighted by Crippen LogP contribution is 2.51. The van der Waals surface area contributed by atoms with E-state index < -0.39 is 5.72 Å². The fourth-order valence-corrected chi connectivity index (χ4v) is 3.93. The van der Waals surface area contributed by atoms with Crippen molar-refractivity contribution in [2.45, 2.75) is 24.5 Å². The number of carbonyl (C=O) groups is 1. The number of fused-ring (bicyclic) bond motifs is 2. The molecule has 3 heterocycles. The third kappa shape index (κ3) is 1.59. The lowest BCUT2D eigenvalue weighted by Crippen LogP contribution is -2.69. The number of amides is 1. The van der Waals surface area contributed by atoms with E-state index in [1.807, 2.05) is 0 Å². The Morgan fingerprint density at radius 2 is 2.35 bits per heavy atom. The Morgan fingerprint density at radius 1 is 1.50 bits per heavy atom. The van der Waals surface area contributed by atoms with Gasteiger partial charge in [0.2, 0.25) is 5.91 Å². The average molecular weight is 276 g/mol. The van der Waals surface area contributed by atoms with Crippen molar-refractivity contribution in [2.24, 2.45) is 5.92 Å². The topological polar surface area (TPSA) is 41.6 Å². The van der Waals surface area contributed by atoms with Crippen LogP contribution in [0.3, 0.4) is 0 Å². The maximum Gasteiger partial charge on any atom is 0.223 e. The summed E-state index contributed by atoms with van der Waals surface area (Å²) in [5.41, 5.74) is 0.243. The van der Waals surface area contributed by atoms with E-state index in [2.05, 4.69) is 17.3 Å². The fourth-order valence-electron chi connectivity index (χ4n) is 3.93. The smallest absolute Gasteiger partial charge is 0.223 e. The lowest BCUT2D eigenvalue weighted by molar-refractivity contribution is -0.152. The zero-order valence-electron chi connectivity index (χ0n) is 11.4. The summed E-state index contributed by atoms with van der Waals surface area (Å²) in [6, 6.07) is 4.63. The maximum atomic E-state index is 13.5. The van der Waals surface area contributed by atoms with Gasteiger partial charge < -0.3 is 15.0 Å². The highest BCUT2D eigenvalue weighted by atomic mass is 19.1. The predicted octanol–water partition coefficient (Wildman–Crippen LogP) is 1.47. The van der Waals surface area contributed by atoms with Crippen LogP contribution in [0.15, 0.2) is 18.2 Å². The third-order valence-electron chi connectivity index (χ3n) is 4.88. The highest BCUT2D eigenvalue weighted by molar-refractivity contribution is 5.80. The molecule has 4 nitrogen and oxygen atoms in total. The molecule has 0 aromatic heterocycles. The zero-order chi connectivity index (χ0) is 13.9. The standard InChI is InChI=1S/C15H17FN2O2/c1-18-5-4-15-12(8-18)10(7-14(19)17-15)11-6-9(16)2-3-13(11)20-15/h2-3,6,10,12H,4-5,7-8H2,1H3,(H,17,19). The molecular weight excluding hydrogens is 259 g/mol. The van der Waals surface area contributed by atoms with E-state index in [1.54, 1.807) is 6.07 Å². The minimum absolute atomic E-state index is 0.00529. The molecule has 0 saturated carbocycles. The lowest BCUT2D eigenvalue weighted by Gasteiger charge is -2.55. The second-order valence-corrected chi connectivity index (χ2v) is 6.15. The summed E-state index contributed by atoms with van der Waals surface area (Å²) in [5, 5.41) is 3.06. The van der Waals surface area contributed by atoms with Gasteiger partial charge in [-0.3, -0.25) is 4.79 Å². The molecule has 0 aliphatic carbocycles. The van der Waals surface area contributed by atoms with E-state index in [0.29, 0.717) is 6.42 Å². The normalized spacial score (nSPS) is 35.6. The van der Waals surface area contributed by atoms with Crippen LogP contribution in [0.25, 0.3) is 0 Å². The van der Waals surface area contributed by atoms with E-state index in [4.69, 9.17) is 4.74 Å². The number of benzene rings is 1. The van der Waals surface area contributed by atoms with E-state index in [-0.39, 0.29) is 23.6 Å². The molecule has 4 rings (SSSR count). The number of rotatable bonds is 0. The fraction of sp³-hybridized carbons (Fsp3) is 0.533. The number of hydrogen-bond donors (Lipinski definition) is 1. The van der Waals surface area contributed by atoms with Gasteiger partial charge in [0.15, 0.2) is 5.72 Å². The first-order valence-electron chi connectivity index (χ1n) is 7.05. The molecule has 0 radical (unpaired) electrons. The SMILES string of the molecule is CN1CCC23NC(=O)CC(c4cc(F)ccc4O2)C3C1. The van der Waals surface area contributed by atoms with Crippen molar-refractivity contribution in [1.82, 2.24) is 10.2 Å². The van der Waals surface area contributed by atoms with Gasteiger partial charge in [0.1, 0.15) is 11.6 Å². The van der Waals surface area contributed by atoms with Crippen LogP contribution >= 0.6 is 0 Å². The lowest BCUT2D eigenvalue weighted by atomic mass is 9.69. The summed E-state index contributed by atoms with van der Waals surface area (Å²) < 4.78 is 19.7. The second-order valence-electron chi connectivity index (χ2n) is 6.15. The molecule has 3 aliphatic rings. The van der Waals surface area contributed by atoms with E-state index in [0.717, 1.165) is 30.8 Å². The molecule has 1 aromatic rings. The molecule has 0 spiro atoms. The van der Waals surface area contributed by atoms with Gasteiger partial charge >= 0.3 is 0 Å². The van der Waals surface area contributed by atoms with E-state index in [9.17, 15) is 9.18 Å². The Bertz CT molecular complexity index is 591. The summed E-state index contributed by atoms with van der Waals surface area (Å²) in [4.78, 5) is 14.3. The largest absolute Gasteiger partial charge is 0.467 e. The van der Waals surface area contributed by atoms with Crippen molar-refractivity contribution in [3.8, 4) is 5.75 Å². The molecule has 20 heavy (non-hydrogen) atoms. The highest BCUT2D eigenvalue weighted by Gasteiger charge is 2.56. The number of hydrogen-bond acceptors (Lipinski definition) is 3. The van der Waals surface area contributed by atoms with Crippen molar-refractivity contribution in [3.63, 3.8) is 0 Å². The molecule has 3 atom stereocenters. The minimum atomic E-state index is -0.600. The van der Waals surface area contributed by atoms with Gasteiger partial charge in [0.25, 0.3) is 0 Å². The van der Waals surface area contributed by atoms with Crippen LogP contribution in [0.2, 0.25) is 0 Å². The van der Waals surface area contributed by atoms with Gasteiger partial charge in [0, 0.05) is 43.3 Å². The van der Waals surface area contributed by atoms with Gasteiger partial charge in [-0.05, 0) is 25.2 Å². The first-order valence-corrected chi connectivity index (χ1v) is 7.05. The summed E-state index contributed by atoms with van der Waals surface area (Å²) in [6.07, 6.45) is 1.19. The number of carbonyl (C=O) groups excluding carboxylic acids is 1. The van der Waals surface area contributed by atoms with Crippen molar-refractivity contribution in [3.05, 3.63) is 29.6 Å². The Morgan fingerprint density at radius 3 is 3.20 bits per heavy atom. The average Bonchev–Trinajstić information content (AvgIpc) is 2.40. The second kappa shape index (κ2) is 3.95. The molecule has 2 saturated heterocycles. The van der Waals surface area contributed by atoms with Crippen LogP contribution in [0.4, 0.5) is 4.39 Å². The van der Waals surface area contributed by atoms with Gasteiger partial charge in [-0.25, -0.2) is 4.39 Å². The molecule has 106 valence electrons. The number of nitrogens with one attached hydrogen (secondary N) is 1. The maximum absolute atomic E-state index is 13.5. The molecular formula is C15H17FN2O2. The summed E-state index contributed by atoms with van der Waals surface area (Å²) >= 11 is 0. The van der Waals surface area contributed by atoms with Gasteiger partial charge in [-0.1, -0.05) is 0 Å². The first kappa shape index (κ1) is 12.1. The molecule has 1 N–H and O–H groups in total. The van der Waals surface area contributed by atoms with E-state index >= 15 is 0 Å². The first-order chi connectivity index (χ1) is 9.57. The number of ether oxygens (including phenoxy) is 1. The van der Waals surface area contributed by atoms with Crippen LogP contribution in [0.1, 0.15) is 24.3 Å². The molecule has 1 aromatic carbocycles. The third-order valence-corrected chi connectivity index (χ3v) is 4.88. The minimum Gasteiger partial charge on any atom is -0.467 e. The quantitative estimate of drug-likeness (QED) is 0.780. The molecule has 2 bridgehead atoms. The predicted molar refractivity (Wildman–Crippen MR) is 70.9 cm³/mol. The van der Waals surface area contributed by atoms with Crippen LogP contribution in [0.5, 0.6) is 5.75 Å². The van der Waals surface area contributed by atoms with E-state index in [1.165, 1.54) is 12.1 Å².